The number of terminal acetylenes is 1. The van der Waals surface area contributed by atoms with Gasteiger partial charge < -0.3 is 29.6 Å². The predicted octanol–water partition coefficient (Wildman–Crippen LogP) is 4.01. The maximum atomic E-state index is 16.4. The molecule has 2 unspecified atom stereocenters. The molecule has 250 valence electrons. The predicted molar refractivity (Wildman–Crippen MR) is 162 cm³/mol. The molecule has 14 nitrogen and oxygen atoms in total. The van der Waals surface area contributed by atoms with E-state index in [-0.39, 0.29) is 41.5 Å². The molecule has 0 bridgehead atoms. The third kappa shape index (κ3) is 8.68. The smallest absolute Gasteiger partial charge is 0.459 e. The zero-order valence-electron chi connectivity index (χ0n) is 25.4. The van der Waals surface area contributed by atoms with E-state index in [1.165, 1.54) is 19.1 Å². The number of imidazole rings is 1. The van der Waals surface area contributed by atoms with Crippen LogP contribution in [-0.4, -0.2) is 74.6 Å². The van der Waals surface area contributed by atoms with E-state index in [0.29, 0.717) is 12.8 Å². The van der Waals surface area contributed by atoms with Crippen molar-refractivity contribution < 1.29 is 46.5 Å². The summed E-state index contributed by atoms with van der Waals surface area (Å²) in [4.78, 5) is 24.9. The normalized spacial score (nSPS) is 18.4. The average molecular weight is 667 g/mol. The molecular formula is C29H37F2N6O8P. The highest BCUT2D eigenvalue weighted by molar-refractivity contribution is 7.52. The Bertz CT molecular complexity index is 1550. The molecule has 3 aromatic rings. The molecule has 2 aromatic heterocycles. The average Bonchev–Trinajstić information content (AvgIpc) is 3.47. The van der Waals surface area contributed by atoms with Gasteiger partial charge in [0.15, 0.2) is 23.5 Å². The molecule has 1 fully saturated rings. The molecular weight excluding hydrogens is 629 g/mol. The maximum absolute atomic E-state index is 16.4. The minimum Gasteiger partial charge on any atom is -0.476 e. The van der Waals surface area contributed by atoms with Crippen LogP contribution < -0.4 is 20.1 Å². The second-order valence-corrected chi connectivity index (χ2v) is 12.1. The number of esters is 1. The van der Waals surface area contributed by atoms with Crippen LogP contribution >= 0.6 is 7.75 Å². The standard InChI is InChI=1S/C29H37F2N6O8P/c1-4-22(38)29(31,44-23(16-30)37-18-33-24-25(37)34-28(32)35-26(24)41-5-2)17-42-46(40,45-21-14-10-7-11-15-21)36-19(3)27(39)43-20-12-8-6-9-13-20/h1,7,10-11,14-15,18-20,22-23,38H,5-6,8-9,12-13,16-17H2,2-3H3,(H,36,40)(H2,32,34,35)/t19?,22-,23+,29+,46?/m0/s1. The largest absolute Gasteiger partial charge is 0.476 e. The molecule has 0 amide bonds. The lowest BCUT2D eigenvalue weighted by Crippen LogP contribution is -2.47. The summed E-state index contributed by atoms with van der Waals surface area (Å²) in [5.74, 6) is -2.52. The quantitative estimate of drug-likeness (QED) is 0.113. The molecule has 2 heterocycles. The molecule has 0 radical (unpaired) electrons. The van der Waals surface area contributed by atoms with Gasteiger partial charge in [0.25, 0.3) is 5.85 Å². The van der Waals surface area contributed by atoms with Gasteiger partial charge in [-0.15, -0.1) is 6.42 Å². The zero-order valence-corrected chi connectivity index (χ0v) is 26.3. The van der Waals surface area contributed by atoms with Gasteiger partial charge in [-0.2, -0.15) is 15.1 Å². The molecule has 1 saturated carbocycles. The first-order chi connectivity index (χ1) is 22.0. The van der Waals surface area contributed by atoms with Gasteiger partial charge in [-0.3, -0.25) is 13.9 Å². The van der Waals surface area contributed by atoms with Crippen molar-refractivity contribution in [1.29, 1.82) is 0 Å². The Morgan fingerprint density at radius 3 is 2.65 bits per heavy atom. The first kappa shape index (κ1) is 35.0. The second-order valence-electron chi connectivity index (χ2n) is 10.4. The number of hydrogen-bond donors (Lipinski definition) is 3. The lowest BCUT2D eigenvalue weighted by molar-refractivity contribution is -0.251. The number of rotatable bonds is 16. The monoisotopic (exact) mass is 666 g/mol. The third-order valence-corrected chi connectivity index (χ3v) is 8.59. The fraction of sp³-hybridized carbons (Fsp3) is 0.517. The number of para-hydroxylation sites is 1. The van der Waals surface area contributed by atoms with Crippen molar-refractivity contribution in [2.24, 2.45) is 0 Å². The molecule has 0 aliphatic heterocycles. The number of ether oxygens (including phenoxy) is 3. The summed E-state index contributed by atoms with van der Waals surface area (Å²) >= 11 is 0. The van der Waals surface area contributed by atoms with Crippen molar-refractivity contribution in [3.05, 3.63) is 36.7 Å². The van der Waals surface area contributed by atoms with Crippen LogP contribution in [0.4, 0.5) is 14.7 Å². The highest BCUT2D eigenvalue weighted by Crippen LogP contribution is 2.46. The highest BCUT2D eigenvalue weighted by Gasteiger charge is 2.46. The number of aliphatic hydroxyl groups is 1. The van der Waals surface area contributed by atoms with Crippen LogP contribution in [0.2, 0.25) is 0 Å². The Morgan fingerprint density at radius 1 is 1.28 bits per heavy atom. The summed E-state index contributed by atoms with van der Waals surface area (Å²) in [5.41, 5.74) is 5.78. The van der Waals surface area contributed by atoms with Gasteiger partial charge in [0.1, 0.15) is 31.2 Å². The van der Waals surface area contributed by atoms with Crippen molar-refractivity contribution >= 4 is 30.8 Å². The van der Waals surface area contributed by atoms with E-state index in [4.69, 9.17) is 35.4 Å². The number of nitrogen functional groups attached to an aromatic ring is 1. The summed E-state index contributed by atoms with van der Waals surface area (Å²) in [6.45, 7) is 0.561. The zero-order chi connectivity index (χ0) is 33.3. The van der Waals surface area contributed by atoms with Gasteiger partial charge in [-0.1, -0.05) is 30.5 Å². The number of aliphatic hydroxyl groups excluding tert-OH is 1. The fourth-order valence-electron chi connectivity index (χ4n) is 4.67. The van der Waals surface area contributed by atoms with Crippen molar-refractivity contribution in [2.45, 2.75) is 76.3 Å². The Labute approximate surface area is 264 Å². The maximum Gasteiger partial charge on any atom is 0.459 e. The van der Waals surface area contributed by atoms with E-state index in [0.717, 1.165) is 30.2 Å². The number of fused-ring (bicyclic) bond motifs is 1. The molecule has 4 N–H and O–H groups in total. The second kappa shape index (κ2) is 15.6. The molecule has 1 aliphatic rings. The third-order valence-electron chi connectivity index (χ3n) is 6.97. The Hall–Kier alpha value is -3.87. The summed E-state index contributed by atoms with van der Waals surface area (Å²) in [7, 11) is -4.64. The lowest BCUT2D eigenvalue weighted by atomic mass is 9.98. The van der Waals surface area contributed by atoms with Gasteiger partial charge >= 0.3 is 13.7 Å². The van der Waals surface area contributed by atoms with E-state index in [1.54, 1.807) is 31.0 Å². The van der Waals surface area contributed by atoms with E-state index >= 15 is 4.39 Å². The molecule has 46 heavy (non-hydrogen) atoms. The van der Waals surface area contributed by atoms with Crippen LogP contribution in [0.15, 0.2) is 36.7 Å². The van der Waals surface area contributed by atoms with Crippen molar-refractivity contribution in [3.8, 4) is 24.0 Å². The molecule has 5 atom stereocenters. The van der Waals surface area contributed by atoms with E-state index in [2.05, 4.69) is 20.0 Å². The van der Waals surface area contributed by atoms with E-state index in [9.17, 15) is 18.9 Å². The number of anilines is 1. The van der Waals surface area contributed by atoms with Crippen molar-refractivity contribution in [2.75, 3.05) is 25.6 Å². The molecule has 4 rings (SSSR count). The number of nitrogens with two attached hydrogens (primary N) is 1. The lowest BCUT2D eigenvalue weighted by Gasteiger charge is -2.32. The summed E-state index contributed by atoms with van der Waals surface area (Å²) in [6.07, 6.45) is 6.19. The van der Waals surface area contributed by atoms with Gasteiger partial charge in [0.2, 0.25) is 11.8 Å². The number of benzene rings is 1. The van der Waals surface area contributed by atoms with Gasteiger partial charge in [0.05, 0.1) is 12.9 Å². The van der Waals surface area contributed by atoms with Crippen LogP contribution in [0.5, 0.6) is 11.6 Å². The number of halogens is 2. The summed E-state index contributed by atoms with van der Waals surface area (Å²) < 4.78 is 73.2. The van der Waals surface area contributed by atoms with E-state index in [1.807, 2.05) is 0 Å². The molecule has 1 aromatic carbocycles. The SMILES string of the molecule is C#C[C@H](O)[C@@](F)(COP(=O)(NC(C)C(=O)OC1CCCCC1)Oc1ccccc1)O[C@H](CF)n1cnc2c(OCC)nc(N)nc21. The number of carbonyl (C=O) groups is 1. The Morgan fingerprint density at radius 2 is 2.00 bits per heavy atom. The van der Waals surface area contributed by atoms with Crippen LogP contribution in [0.1, 0.15) is 52.2 Å². The summed E-state index contributed by atoms with van der Waals surface area (Å²) in [6, 6.07) is 6.51. The van der Waals surface area contributed by atoms with Crippen LogP contribution in [0, 0.1) is 12.3 Å². The number of nitrogens with zero attached hydrogens (tertiary/aromatic N) is 4. The van der Waals surface area contributed by atoms with Crippen molar-refractivity contribution in [1.82, 2.24) is 24.6 Å². The topological polar surface area (TPSA) is 182 Å². The minimum absolute atomic E-state index is 0.000990. The Balaban J connectivity index is 1.58. The van der Waals surface area contributed by atoms with Crippen LogP contribution in [-0.2, 0) is 23.4 Å². The number of carbonyl (C=O) groups excluding carboxylic acids is 1. The van der Waals surface area contributed by atoms with Crippen molar-refractivity contribution in [3.63, 3.8) is 0 Å². The van der Waals surface area contributed by atoms with Crippen LogP contribution in [0.3, 0.4) is 0 Å². The van der Waals surface area contributed by atoms with Gasteiger partial charge in [0, 0.05) is 0 Å². The number of aromatic nitrogens is 4. The molecule has 0 spiro atoms. The van der Waals surface area contributed by atoms with E-state index < -0.39 is 51.2 Å². The number of nitrogens with one attached hydrogen (secondary N) is 1. The molecule has 0 saturated heterocycles. The fourth-order valence-corrected chi connectivity index (χ4v) is 6.17. The Kier molecular flexibility index (Phi) is 11.9. The van der Waals surface area contributed by atoms with Gasteiger partial charge in [-0.25, -0.2) is 18.3 Å². The summed E-state index contributed by atoms with van der Waals surface area (Å²) in [5, 5.41) is 12.9. The molecule has 17 heteroatoms. The van der Waals surface area contributed by atoms with Crippen LogP contribution in [0.25, 0.3) is 11.2 Å². The highest BCUT2D eigenvalue weighted by atomic mass is 31.2. The molecule has 1 aliphatic carbocycles. The van der Waals surface area contributed by atoms with Gasteiger partial charge in [-0.05, 0) is 51.7 Å². The number of hydrogen-bond acceptors (Lipinski definition) is 12. The first-order valence-electron chi connectivity index (χ1n) is 14.7. The minimum atomic E-state index is -4.64. The number of alkyl halides is 2. The first-order valence-corrected chi connectivity index (χ1v) is 16.2.